The van der Waals surface area contributed by atoms with Gasteiger partial charge in [-0.25, -0.2) is 4.79 Å². The minimum Gasteiger partial charge on any atom is -0.497 e. The van der Waals surface area contributed by atoms with E-state index >= 15 is 0 Å². The van der Waals surface area contributed by atoms with E-state index in [0.717, 1.165) is 11.3 Å². The smallest absolute Gasteiger partial charge is 0.330 e. The van der Waals surface area contributed by atoms with Crippen LogP contribution in [0.15, 0.2) is 36.4 Å². The number of hydrogen-bond donors (Lipinski definition) is 1. The first-order chi connectivity index (χ1) is 10.1. The Kier molecular flexibility index (Phi) is 7.50. The van der Waals surface area contributed by atoms with Gasteiger partial charge in [-0.15, -0.1) is 0 Å². The van der Waals surface area contributed by atoms with Gasteiger partial charge in [-0.05, 0) is 37.6 Å². The van der Waals surface area contributed by atoms with E-state index in [0.29, 0.717) is 13.2 Å². The molecule has 5 heteroatoms. The molecule has 0 saturated heterocycles. The average Bonchev–Trinajstić information content (AvgIpc) is 2.47. The summed E-state index contributed by atoms with van der Waals surface area (Å²) in [4.78, 5) is 11.3. The standard InChI is InChI=1S/C16H22O5/c1-4-20-16(18)10-9-15(12(2)17)21-11-13-5-7-14(19-3)8-6-13/h5-10,12,15,17H,4,11H2,1-3H3/b10-9+/t12-,15-/m1/s1. The molecule has 1 aromatic carbocycles. The van der Waals surface area contributed by atoms with Crippen molar-refractivity contribution in [1.82, 2.24) is 0 Å². The molecule has 0 aromatic heterocycles. The van der Waals surface area contributed by atoms with Gasteiger partial charge in [-0.2, -0.15) is 0 Å². The molecule has 0 fully saturated rings. The van der Waals surface area contributed by atoms with Gasteiger partial charge in [0.05, 0.1) is 26.4 Å². The molecule has 0 aliphatic rings. The zero-order valence-corrected chi connectivity index (χ0v) is 12.6. The van der Waals surface area contributed by atoms with Crippen LogP contribution in [0.5, 0.6) is 5.75 Å². The summed E-state index contributed by atoms with van der Waals surface area (Å²) in [6.45, 7) is 3.98. The normalized spacial score (nSPS) is 13.9. The van der Waals surface area contributed by atoms with Crippen LogP contribution in [-0.2, 0) is 20.9 Å². The lowest BCUT2D eigenvalue weighted by atomic mass is 10.2. The Bertz CT molecular complexity index is 450. The summed E-state index contributed by atoms with van der Waals surface area (Å²) in [5, 5.41) is 9.67. The highest BCUT2D eigenvalue weighted by atomic mass is 16.5. The number of hydrogen-bond acceptors (Lipinski definition) is 5. The molecule has 21 heavy (non-hydrogen) atoms. The molecule has 1 aromatic rings. The summed E-state index contributed by atoms with van der Waals surface area (Å²) in [6, 6.07) is 7.44. The molecule has 0 amide bonds. The molecule has 2 atom stereocenters. The highest BCUT2D eigenvalue weighted by Crippen LogP contribution is 2.13. The van der Waals surface area contributed by atoms with Gasteiger partial charge in [0.25, 0.3) is 0 Å². The van der Waals surface area contributed by atoms with Crippen molar-refractivity contribution in [2.45, 2.75) is 32.7 Å². The molecule has 0 radical (unpaired) electrons. The van der Waals surface area contributed by atoms with Gasteiger partial charge >= 0.3 is 5.97 Å². The summed E-state index contributed by atoms with van der Waals surface area (Å²) in [6.07, 6.45) is 1.48. The van der Waals surface area contributed by atoms with Crippen LogP contribution in [-0.4, -0.2) is 37.0 Å². The third kappa shape index (κ3) is 6.42. The number of methoxy groups -OCH3 is 1. The number of carbonyl (C=O) groups is 1. The fourth-order valence-corrected chi connectivity index (χ4v) is 1.63. The largest absolute Gasteiger partial charge is 0.497 e. The number of rotatable bonds is 8. The van der Waals surface area contributed by atoms with Gasteiger partial charge in [0.15, 0.2) is 0 Å². The number of aliphatic hydroxyl groups excluding tert-OH is 1. The Hall–Kier alpha value is -1.85. The third-order valence-electron chi connectivity index (χ3n) is 2.79. The zero-order chi connectivity index (χ0) is 15.7. The molecule has 0 unspecified atom stereocenters. The van der Waals surface area contributed by atoms with Gasteiger partial charge in [0, 0.05) is 6.08 Å². The maximum Gasteiger partial charge on any atom is 0.330 e. The van der Waals surface area contributed by atoms with Crippen molar-refractivity contribution in [2.75, 3.05) is 13.7 Å². The predicted octanol–water partition coefficient (Wildman–Crippen LogP) is 2.08. The number of benzene rings is 1. The Morgan fingerprint density at radius 1 is 1.33 bits per heavy atom. The van der Waals surface area contributed by atoms with Crippen LogP contribution >= 0.6 is 0 Å². The van der Waals surface area contributed by atoms with E-state index < -0.39 is 18.2 Å². The number of esters is 1. The van der Waals surface area contributed by atoms with Crippen LogP contribution in [0.3, 0.4) is 0 Å². The molecule has 1 N–H and O–H groups in total. The fourth-order valence-electron chi connectivity index (χ4n) is 1.63. The Morgan fingerprint density at radius 3 is 2.52 bits per heavy atom. The SMILES string of the molecule is CCOC(=O)/C=C/[C@@H](OCc1ccc(OC)cc1)[C@@H](C)O. The Balaban J connectivity index is 2.55. The van der Waals surface area contributed by atoms with Crippen LogP contribution in [0.1, 0.15) is 19.4 Å². The van der Waals surface area contributed by atoms with Crippen molar-refractivity contribution in [2.24, 2.45) is 0 Å². The highest BCUT2D eigenvalue weighted by Gasteiger charge is 2.13. The second kappa shape index (κ2) is 9.15. The lowest BCUT2D eigenvalue weighted by Crippen LogP contribution is -2.24. The summed E-state index contributed by atoms with van der Waals surface area (Å²) in [5.74, 6) is 0.323. The van der Waals surface area contributed by atoms with Gasteiger partial charge in [-0.1, -0.05) is 12.1 Å². The van der Waals surface area contributed by atoms with Crippen LogP contribution < -0.4 is 4.74 Å². The van der Waals surface area contributed by atoms with Crippen molar-refractivity contribution < 1.29 is 24.1 Å². The van der Waals surface area contributed by atoms with E-state index in [1.165, 1.54) is 12.2 Å². The van der Waals surface area contributed by atoms with Gasteiger partial charge in [0.1, 0.15) is 11.9 Å². The van der Waals surface area contributed by atoms with Crippen LogP contribution in [0.2, 0.25) is 0 Å². The number of ether oxygens (including phenoxy) is 3. The molecule has 0 spiro atoms. The molecule has 5 nitrogen and oxygen atoms in total. The molecular formula is C16H22O5. The summed E-state index contributed by atoms with van der Waals surface area (Å²) >= 11 is 0. The molecule has 0 aliphatic heterocycles. The maximum atomic E-state index is 11.3. The molecule has 0 saturated carbocycles. The second-order valence-electron chi connectivity index (χ2n) is 4.48. The van der Waals surface area contributed by atoms with Crippen molar-refractivity contribution in [1.29, 1.82) is 0 Å². The molecule has 116 valence electrons. The van der Waals surface area contributed by atoms with Crippen molar-refractivity contribution in [3.8, 4) is 5.75 Å². The fraction of sp³-hybridized carbons (Fsp3) is 0.438. The van der Waals surface area contributed by atoms with E-state index in [4.69, 9.17) is 14.2 Å². The molecule has 0 aliphatic carbocycles. The minimum absolute atomic E-state index is 0.315. The minimum atomic E-state index is -0.728. The lowest BCUT2D eigenvalue weighted by molar-refractivity contribution is -0.137. The molecule has 0 heterocycles. The Morgan fingerprint density at radius 2 is 2.00 bits per heavy atom. The van der Waals surface area contributed by atoms with Crippen molar-refractivity contribution in [3.05, 3.63) is 42.0 Å². The number of aliphatic hydroxyl groups is 1. The monoisotopic (exact) mass is 294 g/mol. The van der Waals surface area contributed by atoms with E-state index in [-0.39, 0.29) is 0 Å². The Labute approximate surface area is 125 Å². The van der Waals surface area contributed by atoms with Crippen LogP contribution in [0, 0.1) is 0 Å². The predicted molar refractivity (Wildman–Crippen MR) is 79.0 cm³/mol. The summed E-state index contributed by atoms with van der Waals surface area (Å²) in [5.41, 5.74) is 0.950. The topological polar surface area (TPSA) is 65.0 Å². The molecule has 1 rings (SSSR count). The third-order valence-corrected chi connectivity index (χ3v) is 2.79. The van der Waals surface area contributed by atoms with E-state index in [2.05, 4.69) is 0 Å². The first kappa shape index (κ1) is 17.2. The van der Waals surface area contributed by atoms with Crippen molar-refractivity contribution >= 4 is 5.97 Å². The molecule has 0 bridgehead atoms. The maximum absolute atomic E-state index is 11.3. The molecular weight excluding hydrogens is 272 g/mol. The van der Waals surface area contributed by atoms with E-state index in [9.17, 15) is 9.90 Å². The van der Waals surface area contributed by atoms with Gasteiger partial charge in [0.2, 0.25) is 0 Å². The van der Waals surface area contributed by atoms with E-state index in [1.54, 1.807) is 21.0 Å². The van der Waals surface area contributed by atoms with Crippen molar-refractivity contribution in [3.63, 3.8) is 0 Å². The first-order valence-electron chi connectivity index (χ1n) is 6.84. The quantitative estimate of drug-likeness (QED) is 0.587. The zero-order valence-electron chi connectivity index (χ0n) is 12.6. The first-order valence-corrected chi connectivity index (χ1v) is 6.84. The summed E-state index contributed by atoms with van der Waals surface area (Å²) < 4.78 is 15.5. The van der Waals surface area contributed by atoms with Crippen LogP contribution in [0.25, 0.3) is 0 Å². The van der Waals surface area contributed by atoms with Crippen LogP contribution in [0.4, 0.5) is 0 Å². The average molecular weight is 294 g/mol. The number of carbonyl (C=O) groups excluding carboxylic acids is 1. The van der Waals surface area contributed by atoms with Gasteiger partial charge in [-0.3, -0.25) is 0 Å². The summed E-state index contributed by atoms with van der Waals surface area (Å²) in [7, 11) is 1.61. The lowest BCUT2D eigenvalue weighted by Gasteiger charge is -2.17. The second-order valence-corrected chi connectivity index (χ2v) is 4.48. The van der Waals surface area contributed by atoms with Gasteiger partial charge < -0.3 is 19.3 Å². The van der Waals surface area contributed by atoms with E-state index in [1.807, 2.05) is 24.3 Å². The highest BCUT2D eigenvalue weighted by molar-refractivity contribution is 5.81.